The Bertz CT molecular complexity index is 856. The maximum absolute atomic E-state index is 14.7. The van der Waals surface area contributed by atoms with Crippen molar-refractivity contribution < 1.29 is 14.2 Å². The van der Waals surface area contributed by atoms with Crippen LogP contribution in [0.2, 0.25) is 0 Å². The molecule has 1 fully saturated rings. The smallest absolute Gasteiger partial charge is 0.191 e. The monoisotopic (exact) mass is 556 g/mol. The van der Waals surface area contributed by atoms with Crippen molar-refractivity contribution in [2.24, 2.45) is 4.99 Å². The minimum Gasteiger partial charge on any atom is -0.497 e. The Morgan fingerprint density at radius 2 is 1.81 bits per heavy atom. The van der Waals surface area contributed by atoms with Crippen LogP contribution < -0.4 is 20.3 Å². The average molecular weight is 556 g/mol. The van der Waals surface area contributed by atoms with Gasteiger partial charge in [-0.3, -0.25) is 0 Å². The van der Waals surface area contributed by atoms with Gasteiger partial charge in [-0.1, -0.05) is 18.2 Å². The predicted molar refractivity (Wildman–Crippen MR) is 139 cm³/mol. The summed E-state index contributed by atoms with van der Waals surface area (Å²) >= 11 is 0. The van der Waals surface area contributed by atoms with Gasteiger partial charge in [0.25, 0.3) is 0 Å². The molecule has 3 rings (SSSR count). The van der Waals surface area contributed by atoms with Crippen molar-refractivity contribution in [2.75, 3.05) is 38.2 Å². The van der Waals surface area contributed by atoms with Crippen LogP contribution in [-0.2, 0) is 13.0 Å². The minimum atomic E-state index is -0.269. The molecule has 3 N–H and O–H groups in total. The molecule has 1 saturated heterocycles. The molecule has 8 heteroatoms. The number of ether oxygens (including phenoxy) is 1. The summed E-state index contributed by atoms with van der Waals surface area (Å²) in [5.41, 5.74) is 2.64. The van der Waals surface area contributed by atoms with Crippen LogP contribution in [0.5, 0.6) is 5.75 Å². The molecule has 0 aliphatic carbocycles. The lowest BCUT2D eigenvalue weighted by molar-refractivity contribution is 0.145. The van der Waals surface area contributed by atoms with E-state index in [2.05, 4.69) is 27.8 Å². The Hall–Kier alpha value is -2.07. The van der Waals surface area contributed by atoms with Crippen LogP contribution in [0.4, 0.5) is 10.1 Å². The fraction of sp³-hybridized carbons (Fsp3) is 0.458. The van der Waals surface area contributed by atoms with Gasteiger partial charge in [-0.05, 0) is 61.6 Å². The van der Waals surface area contributed by atoms with Crippen LogP contribution in [0.25, 0.3) is 0 Å². The maximum atomic E-state index is 14.7. The van der Waals surface area contributed by atoms with Gasteiger partial charge in [0.2, 0.25) is 0 Å². The first-order chi connectivity index (χ1) is 15.1. The second kappa shape index (κ2) is 13.5. The Morgan fingerprint density at radius 1 is 1.12 bits per heavy atom. The van der Waals surface area contributed by atoms with Gasteiger partial charge in [-0.15, -0.1) is 24.0 Å². The number of rotatable bonds is 8. The Morgan fingerprint density at radius 3 is 2.44 bits per heavy atom. The zero-order valence-corrected chi connectivity index (χ0v) is 21.1. The normalized spacial score (nSPS) is 14.6. The summed E-state index contributed by atoms with van der Waals surface area (Å²) in [7, 11) is 1.66. The maximum Gasteiger partial charge on any atom is 0.191 e. The average Bonchev–Trinajstić information content (AvgIpc) is 2.79. The summed E-state index contributed by atoms with van der Waals surface area (Å²) in [4.78, 5) is 6.60. The number of hydrogen-bond acceptors (Lipinski definition) is 4. The molecule has 0 saturated carbocycles. The molecule has 0 spiro atoms. The van der Waals surface area contributed by atoms with E-state index in [0.717, 1.165) is 30.8 Å². The second-order valence-corrected chi connectivity index (χ2v) is 7.72. The first-order valence-corrected chi connectivity index (χ1v) is 11.0. The van der Waals surface area contributed by atoms with Crippen LogP contribution in [0.15, 0.2) is 47.5 Å². The number of hydrogen-bond donors (Lipinski definition) is 3. The van der Waals surface area contributed by atoms with Crippen molar-refractivity contribution in [3.05, 3.63) is 59.4 Å². The van der Waals surface area contributed by atoms with E-state index in [1.54, 1.807) is 13.2 Å². The largest absolute Gasteiger partial charge is 0.497 e. The highest BCUT2D eigenvalue weighted by Crippen LogP contribution is 2.24. The molecule has 176 valence electrons. The molecule has 2 aromatic rings. The van der Waals surface area contributed by atoms with E-state index < -0.39 is 0 Å². The number of nitrogens with one attached hydrogen (secondary N) is 2. The number of piperidine rings is 1. The minimum absolute atomic E-state index is 0. The van der Waals surface area contributed by atoms with E-state index in [0.29, 0.717) is 44.1 Å². The second-order valence-electron chi connectivity index (χ2n) is 7.72. The number of methoxy groups -OCH3 is 1. The SMILES string of the molecule is CCNC(=NCc1ccc(N2CCC(O)CC2)c(F)c1)NCCc1ccc(OC)cc1.I. The van der Waals surface area contributed by atoms with Crippen molar-refractivity contribution in [1.82, 2.24) is 10.6 Å². The summed E-state index contributed by atoms with van der Waals surface area (Å²) in [6, 6.07) is 13.3. The lowest BCUT2D eigenvalue weighted by Crippen LogP contribution is -2.38. The van der Waals surface area contributed by atoms with Crippen molar-refractivity contribution >= 4 is 35.6 Å². The Balaban J connectivity index is 0.00000363. The summed E-state index contributed by atoms with van der Waals surface area (Å²) in [6.07, 6.45) is 1.96. The highest BCUT2D eigenvalue weighted by molar-refractivity contribution is 14.0. The zero-order chi connectivity index (χ0) is 22.1. The van der Waals surface area contributed by atoms with Gasteiger partial charge in [-0.25, -0.2) is 9.38 Å². The lowest BCUT2D eigenvalue weighted by Gasteiger charge is -2.31. The first-order valence-electron chi connectivity index (χ1n) is 11.0. The van der Waals surface area contributed by atoms with Crippen molar-refractivity contribution in [1.29, 1.82) is 0 Å². The van der Waals surface area contributed by atoms with Crippen LogP contribution in [0.1, 0.15) is 30.9 Å². The molecule has 0 atom stereocenters. The lowest BCUT2D eigenvalue weighted by atomic mass is 10.1. The Kier molecular flexibility index (Phi) is 11.0. The van der Waals surface area contributed by atoms with Gasteiger partial charge >= 0.3 is 0 Å². The van der Waals surface area contributed by atoms with Gasteiger partial charge in [-0.2, -0.15) is 0 Å². The van der Waals surface area contributed by atoms with Gasteiger partial charge in [0.15, 0.2) is 5.96 Å². The van der Waals surface area contributed by atoms with E-state index in [-0.39, 0.29) is 35.9 Å². The van der Waals surface area contributed by atoms with E-state index in [4.69, 9.17) is 4.74 Å². The topological polar surface area (TPSA) is 69.1 Å². The number of aliphatic hydroxyl groups is 1. The molecule has 1 aliphatic heterocycles. The van der Waals surface area contributed by atoms with Crippen LogP contribution in [0.3, 0.4) is 0 Å². The number of anilines is 1. The van der Waals surface area contributed by atoms with E-state index in [9.17, 15) is 9.50 Å². The van der Waals surface area contributed by atoms with Crippen LogP contribution in [-0.4, -0.2) is 50.5 Å². The number of aliphatic imine (C=N–C) groups is 1. The summed E-state index contributed by atoms with van der Waals surface area (Å²) < 4.78 is 19.8. The molecule has 0 unspecified atom stereocenters. The highest BCUT2D eigenvalue weighted by atomic mass is 127. The number of aliphatic hydroxyl groups excluding tert-OH is 1. The molecule has 0 bridgehead atoms. The summed E-state index contributed by atoms with van der Waals surface area (Å²) in [5.74, 6) is 1.33. The number of benzene rings is 2. The quantitative estimate of drug-likeness (QED) is 0.263. The fourth-order valence-corrected chi connectivity index (χ4v) is 3.64. The molecule has 6 nitrogen and oxygen atoms in total. The van der Waals surface area contributed by atoms with E-state index >= 15 is 0 Å². The number of halogens is 2. The van der Waals surface area contributed by atoms with Gasteiger partial charge < -0.3 is 25.4 Å². The molecular weight excluding hydrogens is 522 g/mol. The molecule has 1 heterocycles. The summed E-state index contributed by atoms with van der Waals surface area (Å²) in [6.45, 7) is 5.27. The molecule has 32 heavy (non-hydrogen) atoms. The van der Waals surface area contributed by atoms with Crippen LogP contribution in [0, 0.1) is 5.82 Å². The van der Waals surface area contributed by atoms with E-state index in [1.165, 1.54) is 5.56 Å². The van der Waals surface area contributed by atoms with Crippen LogP contribution >= 0.6 is 24.0 Å². The number of guanidine groups is 1. The van der Waals surface area contributed by atoms with Crippen molar-refractivity contribution in [3.63, 3.8) is 0 Å². The number of nitrogens with zero attached hydrogens (tertiary/aromatic N) is 2. The molecule has 0 radical (unpaired) electrons. The predicted octanol–water partition coefficient (Wildman–Crippen LogP) is 3.71. The summed E-state index contributed by atoms with van der Waals surface area (Å²) in [5, 5.41) is 16.2. The molecule has 2 aromatic carbocycles. The van der Waals surface area contributed by atoms with Crippen molar-refractivity contribution in [2.45, 2.75) is 38.8 Å². The van der Waals surface area contributed by atoms with Crippen molar-refractivity contribution in [3.8, 4) is 5.75 Å². The third-order valence-electron chi connectivity index (χ3n) is 5.45. The highest BCUT2D eigenvalue weighted by Gasteiger charge is 2.19. The third-order valence-corrected chi connectivity index (χ3v) is 5.45. The Labute approximate surface area is 207 Å². The third kappa shape index (κ3) is 7.81. The zero-order valence-electron chi connectivity index (χ0n) is 18.8. The van der Waals surface area contributed by atoms with Gasteiger partial charge in [0, 0.05) is 26.2 Å². The molecule has 0 aromatic heterocycles. The standard InChI is InChI=1S/C24H33FN4O2.HI/c1-3-26-24(27-13-10-18-4-7-21(31-2)8-5-18)28-17-19-6-9-23(22(25)16-19)29-14-11-20(30)12-15-29;/h4-9,16,20,30H,3,10-15,17H2,1-2H3,(H2,26,27,28);1H. The molecule has 0 amide bonds. The molecular formula is C24H34FIN4O2. The fourth-order valence-electron chi connectivity index (χ4n) is 3.64. The first kappa shape index (κ1) is 26.2. The molecule has 1 aliphatic rings. The van der Waals surface area contributed by atoms with Gasteiger partial charge in [0.05, 0.1) is 25.4 Å². The van der Waals surface area contributed by atoms with E-state index in [1.807, 2.05) is 36.1 Å². The van der Waals surface area contributed by atoms with Gasteiger partial charge in [0.1, 0.15) is 11.6 Å².